The number of rotatable bonds is 0. The third-order valence-corrected chi connectivity index (χ3v) is 6.51. The molecule has 2 heteroatoms. The molecule has 2 nitrogen and oxygen atoms in total. The van der Waals surface area contributed by atoms with Gasteiger partial charge in [0.1, 0.15) is 0 Å². The molecule has 3 fully saturated rings. The predicted molar refractivity (Wildman–Crippen MR) is 82.0 cm³/mol. The minimum atomic E-state index is 0.689. The normalized spacial score (nSPS) is 42.3. The molecule has 5 rings (SSSR count). The number of hydrogen-bond acceptors (Lipinski definition) is 2. The van der Waals surface area contributed by atoms with Crippen molar-refractivity contribution >= 4 is 5.69 Å². The summed E-state index contributed by atoms with van der Waals surface area (Å²) in [6, 6.07) is 10.5. The third kappa shape index (κ3) is 1.49. The summed E-state index contributed by atoms with van der Waals surface area (Å²) in [6.45, 7) is 2.71. The standard InChI is InChI=1S/C18H24N2/c1-2-6-13-12(5-1)11-20-10-9-15-14-7-3-4-8-16(14)19-17(15)18(13)20/h3-4,7-8,12-13,15,17-19H,1-2,5-6,9-11H2/t12-,13+,15-,17+,18-/m0/s1. The van der Waals surface area contributed by atoms with E-state index >= 15 is 0 Å². The molecule has 0 radical (unpaired) electrons. The zero-order valence-corrected chi connectivity index (χ0v) is 12.1. The molecular weight excluding hydrogens is 244 g/mol. The fourth-order valence-corrected chi connectivity index (χ4v) is 5.73. The molecule has 0 bridgehead atoms. The minimum Gasteiger partial charge on any atom is -0.380 e. The Labute approximate surface area is 121 Å². The van der Waals surface area contributed by atoms with Gasteiger partial charge in [0, 0.05) is 30.2 Å². The fourth-order valence-electron chi connectivity index (χ4n) is 5.73. The van der Waals surface area contributed by atoms with E-state index in [1.807, 2.05) is 0 Å². The quantitative estimate of drug-likeness (QED) is 0.775. The zero-order valence-electron chi connectivity index (χ0n) is 12.1. The van der Waals surface area contributed by atoms with E-state index in [1.54, 1.807) is 5.56 Å². The van der Waals surface area contributed by atoms with E-state index in [0.717, 1.165) is 23.8 Å². The molecule has 1 saturated carbocycles. The highest BCUT2D eigenvalue weighted by Crippen LogP contribution is 2.50. The van der Waals surface area contributed by atoms with Crippen LogP contribution in [0.3, 0.4) is 0 Å². The van der Waals surface area contributed by atoms with Crippen molar-refractivity contribution in [3.8, 4) is 0 Å². The number of para-hydroxylation sites is 1. The van der Waals surface area contributed by atoms with Gasteiger partial charge in [-0.25, -0.2) is 0 Å². The SMILES string of the molecule is c1ccc2c(c1)N[C@H]1[C@@H]3[C@@H]4CCCC[C@H]4CN3CC[C@@H]21. The van der Waals surface area contributed by atoms with Gasteiger partial charge in [0.15, 0.2) is 0 Å². The van der Waals surface area contributed by atoms with Gasteiger partial charge in [-0.05, 0) is 49.3 Å². The average Bonchev–Trinajstić information content (AvgIpc) is 3.04. The van der Waals surface area contributed by atoms with Crippen LogP contribution in [0.1, 0.15) is 43.6 Å². The maximum absolute atomic E-state index is 3.90. The van der Waals surface area contributed by atoms with Crippen molar-refractivity contribution in [2.24, 2.45) is 11.8 Å². The number of nitrogens with one attached hydrogen (secondary N) is 1. The number of nitrogens with zero attached hydrogens (tertiary/aromatic N) is 1. The first-order valence-electron chi connectivity index (χ1n) is 8.51. The van der Waals surface area contributed by atoms with Crippen LogP contribution in [-0.4, -0.2) is 30.1 Å². The summed E-state index contributed by atoms with van der Waals surface area (Å²) in [5.41, 5.74) is 3.01. The average molecular weight is 268 g/mol. The molecule has 3 aliphatic heterocycles. The lowest BCUT2D eigenvalue weighted by atomic mass is 9.73. The van der Waals surface area contributed by atoms with Crippen LogP contribution in [0.5, 0.6) is 0 Å². The monoisotopic (exact) mass is 268 g/mol. The van der Waals surface area contributed by atoms with Gasteiger partial charge < -0.3 is 5.32 Å². The van der Waals surface area contributed by atoms with Crippen molar-refractivity contribution in [1.82, 2.24) is 4.90 Å². The molecule has 1 aromatic carbocycles. The topological polar surface area (TPSA) is 15.3 Å². The third-order valence-electron chi connectivity index (χ3n) is 6.51. The van der Waals surface area contributed by atoms with E-state index in [2.05, 4.69) is 34.5 Å². The molecule has 1 N–H and O–H groups in total. The summed E-state index contributed by atoms with van der Waals surface area (Å²) in [5.74, 6) is 2.74. The Hall–Kier alpha value is -1.02. The summed E-state index contributed by atoms with van der Waals surface area (Å²) in [6.07, 6.45) is 7.26. The molecular formula is C18H24N2. The molecule has 0 aromatic heterocycles. The van der Waals surface area contributed by atoms with Gasteiger partial charge in [-0.15, -0.1) is 0 Å². The van der Waals surface area contributed by atoms with Gasteiger partial charge in [-0.1, -0.05) is 31.0 Å². The zero-order chi connectivity index (χ0) is 13.1. The molecule has 5 atom stereocenters. The van der Waals surface area contributed by atoms with Crippen molar-refractivity contribution in [1.29, 1.82) is 0 Å². The van der Waals surface area contributed by atoms with Crippen molar-refractivity contribution in [3.63, 3.8) is 0 Å². The van der Waals surface area contributed by atoms with Gasteiger partial charge in [-0.2, -0.15) is 0 Å². The molecule has 2 saturated heterocycles. The summed E-state index contributed by atoms with van der Waals surface area (Å²) in [7, 11) is 0. The molecule has 0 amide bonds. The highest BCUT2D eigenvalue weighted by Gasteiger charge is 2.52. The van der Waals surface area contributed by atoms with E-state index in [9.17, 15) is 0 Å². The first kappa shape index (κ1) is 11.6. The second-order valence-corrected chi connectivity index (χ2v) is 7.35. The highest BCUT2D eigenvalue weighted by atomic mass is 15.2. The fraction of sp³-hybridized carbons (Fsp3) is 0.667. The van der Waals surface area contributed by atoms with Gasteiger partial charge in [0.05, 0.1) is 0 Å². The largest absolute Gasteiger partial charge is 0.380 e. The summed E-state index contributed by atoms with van der Waals surface area (Å²) in [5, 5.41) is 3.90. The Balaban J connectivity index is 1.51. The second kappa shape index (κ2) is 4.24. The molecule has 0 spiro atoms. The molecule has 1 aromatic rings. The molecule has 4 aliphatic rings. The van der Waals surface area contributed by atoms with Crippen molar-refractivity contribution in [3.05, 3.63) is 29.8 Å². The lowest BCUT2D eigenvalue weighted by Gasteiger charge is -2.42. The Morgan fingerprint density at radius 2 is 1.95 bits per heavy atom. The molecule has 106 valence electrons. The number of hydrogen-bond donors (Lipinski definition) is 1. The van der Waals surface area contributed by atoms with Crippen LogP contribution in [0.4, 0.5) is 5.69 Å². The molecule has 20 heavy (non-hydrogen) atoms. The van der Waals surface area contributed by atoms with Crippen LogP contribution >= 0.6 is 0 Å². The van der Waals surface area contributed by atoms with E-state index in [-0.39, 0.29) is 0 Å². The van der Waals surface area contributed by atoms with Gasteiger partial charge >= 0.3 is 0 Å². The minimum absolute atomic E-state index is 0.689. The number of piperidine rings is 1. The highest BCUT2D eigenvalue weighted by molar-refractivity contribution is 5.60. The molecule has 1 aliphatic carbocycles. The lowest BCUT2D eigenvalue weighted by molar-refractivity contribution is 0.138. The number of anilines is 1. The van der Waals surface area contributed by atoms with Gasteiger partial charge in [0.25, 0.3) is 0 Å². The van der Waals surface area contributed by atoms with Crippen LogP contribution in [-0.2, 0) is 0 Å². The lowest BCUT2D eigenvalue weighted by Crippen LogP contribution is -2.51. The summed E-state index contributed by atoms with van der Waals surface area (Å²) < 4.78 is 0. The second-order valence-electron chi connectivity index (χ2n) is 7.35. The van der Waals surface area contributed by atoms with Crippen molar-refractivity contribution < 1.29 is 0 Å². The number of benzene rings is 1. The molecule has 3 heterocycles. The first-order valence-corrected chi connectivity index (χ1v) is 8.51. The van der Waals surface area contributed by atoms with Crippen LogP contribution in [0.2, 0.25) is 0 Å². The Morgan fingerprint density at radius 1 is 1.05 bits per heavy atom. The first-order chi connectivity index (χ1) is 9.92. The summed E-state index contributed by atoms with van der Waals surface area (Å²) >= 11 is 0. The summed E-state index contributed by atoms with van der Waals surface area (Å²) in [4.78, 5) is 2.83. The Kier molecular flexibility index (Phi) is 2.46. The van der Waals surface area contributed by atoms with Crippen LogP contribution in [0.15, 0.2) is 24.3 Å². The van der Waals surface area contributed by atoms with E-state index in [4.69, 9.17) is 0 Å². The van der Waals surface area contributed by atoms with Gasteiger partial charge in [-0.3, -0.25) is 4.90 Å². The van der Waals surface area contributed by atoms with Crippen LogP contribution in [0.25, 0.3) is 0 Å². The Morgan fingerprint density at radius 3 is 2.95 bits per heavy atom. The smallest absolute Gasteiger partial charge is 0.0489 e. The maximum Gasteiger partial charge on any atom is 0.0489 e. The van der Waals surface area contributed by atoms with Gasteiger partial charge in [0.2, 0.25) is 0 Å². The van der Waals surface area contributed by atoms with Crippen molar-refractivity contribution in [2.75, 3.05) is 18.4 Å². The Bertz CT molecular complexity index is 526. The maximum atomic E-state index is 3.90. The predicted octanol–water partition coefficient (Wildman–Crippen LogP) is 3.46. The molecule has 0 unspecified atom stereocenters. The number of fused-ring (bicyclic) bond motifs is 7. The van der Waals surface area contributed by atoms with E-state index in [1.165, 1.54) is 50.9 Å². The van der Waals surface area contributed by atoms with Crippen LogP contribution < -0.4 is 5.32 Å². The van der Waals surface area contributed by atoms with Crippen molar-refractivity contribution in [2.45, 2.75) is 50.1 Å². The van der Waals surface area contributed by atoms with Crippen LogP contribution in [0, 0.1) is 11.8 Å². The van der Waals surface area contributed by atoms with E-state index in [0.29, 0.717) is 6.04 Å². The van der Waals surface area contributed by atoms with E-state index < -0.39 is 0 Å².